The van der Waals surface area contributed by atoms with Gasteiger partial charge in [0.1, 0.15) is 0 Å². The lowest BCUT2D eigenvalue weighted by molar-refractivity contribution is 0.517. The molecule has 0 aliphatic heterocycles. The second-order valence-corrected chi connectivity index (χ2v) is 5.56. The van der Waals surface area contributed by atoms with E-state index < -0.39 is 0 Å². The van der Waals surface area contributed by atoms with Gasteiger partial charge in [-0.15, -0.1) is 11.8 Å². The van der Waals surface area contributed by atoms with Crippen molar-refractivity contribution in [3.8, 4) is 11.8 Å². The third-order valence-corrected chi connectivity index (χ3v) is 3.61. The molecule has 114 valence electrons. The van der Waals surface area contributed by atoms with Gasteiger partial charge in [0.15, 0.2) is 0 Å². The average molecular weight is 291 g/mol. The quantitative estimate of drug-likeness (QED) is 0.736. The van der Waals surface area contributed by atoms with Crippen LogP contribution in [0.25, 0.3) is 0 Å². The summed E-state index contributed by atoms with van der Waals surface area (Å²) < 4.78 is 0. The van der Waals surface area contributed by atoms with Crippen molar-refractivity contribution in [1.82, 2.24) is 5.32 Å². The van der Waals surface area contributed by atoms with Crippen LogP contribution in [0, 0.1) is 11.8 Å². The molecule has 0 saturated heterocycles. The Morgan fingerprint density at radius 1 is 0.864 bits per heavy atom. The van der Waals surface area contributed by atoms with Crippen molar-refractivity contribution in [2.45, 2.75) is 45.2 Å². The van der Waals surface area contributed by atoms with Gasteiger partial charge in [-0.25, -0.2) is 0 Å². The van der Waals surface area contributed by atoms with Crippen LogP contribution in [0.1, 0.15) is 37.3 Å². The fourth-order valence-corrected chi connectivity index (χ4v) is 2.38. The third kappa shape index (κ3) is 6.16. The van der Waals surface area contributed by atoms with Crippen LogP contribution in [0.4, 0.5) is 0 Å². The average Bonchev–Trinajstić information content (AvgIpc) is 2.58. The predicted octanol–water partition coefficient (Wildman–Crippen LogP) is 4.58. The molecule has 1 N–H and O–H groups in total. The summed E-state index contributed by atoms with van der Waals surface area (Å²) in [6.07, 6.45) is 4.06. The zero-order valence-electron chi connectivity index (χ0n) is 13.4. The van der Waals surface area contributed by atoms with E-state index in [4.69, 9.17) is 0 Å². The minimum atomic E-state index is 0.395. The summed E-state index contributed by atoms with van der Waals surface area (Å²) in [4.78, 5) is 0. The molecule has 0 aliphatic carbocycles. The maximum Gasteiger partial charge on any atom is 0.0246 e. The van der Waals surface area contributed by atoms with Crippen LogP contribution >= 0.6 is 0 Å². The Morgan fingerprint density at radius 2 is 1.50 bits per heavy atom. The first-order chi connectivity index (χ1) is 10.9. The molecule has 0 heterocycles. The van der Waals surface area contributed by atoms with E-state index in [1.54, 1.807) is 0 Å². The van der Waals surface area contributed by atoms with Gasteiger partial charge in [-0.3, -0.25) is 0 Å². The Kier molecular flexibility index (Phi) is 7.29. The maximum atomic E-state index is 3.66. The number of hydrogen-bond donors (Lipinski definition) is 1. The van der Waals surface area contributed by atoms with Gasteiger partial charge in [0.05, 0.1) is 0 Å². The number of nitrogens with one attached hydrogen (secondary N) is 1. The summed E-state index contributed by atoms with van der Waals surface area (Å²) in [6, 6.07) is 21.6. The van der Waals surface area contributed by atoms with Crippen molar-refractivity contribution in [3.63, 3.8) is 0 Å². The number of benzene rings is 2. The Balaban J connectivity index is 1.93. The van der Waals surface area contributed by atoms with Crippen LogP contribution in [0.3, 0.4) is 0 Å². The van der Waals surface area contributed by atoms with E-state index in [1.165, 1.54) is 11.1 Å². The van der Waals surface area contributed by atoms with Crippen LogP contribution in [0.5, 0.6) is 0 Å². The Labute approximate surface area is 134 Å². The van der Waals surface area contributed by atoms with Gasteiger partial charge < -0.3 is 5.32 Å². The second-order valence-electron chi connectivity index (χ2n) is 5.56. The molecule has 0 amide bonds. The molecule has 2 rings (SSSR count). The van der Waals surface area contributed by atoms with Gasteiger partial charge in [-0.1, -0.05) is 67.6 Å². The third-order valence-electron chi connectivity index (χ3n) is 3.61. The van der Waals surface area contributed by atoms with Gasteiger partial charge in [0.2, 0.25) is 0 Å². The zero-order valence-corrected chi connectivity index (χ0v) is 13.4. The van der Waals surface area contributed by atoms with Crippen LogP contribution in [0.2, 0.25) is 0 Å². The minimum absolute atomic E-state index is 0.395. The first kappa shape index (κ1) is 16.3. The molecule has 1 heteroatoms. The van der Waals surface area contributed by atoms with Gasteiger partial charge in [0, 0.05) is 25.4 Å². The van der Waals surface area contributed by atoms with Crippen molar-refractivity contribution in [2.24, 2.45) is 0 Å². The molecule has 0 saturated carbocycles. The molecular weight excluding hydrogens is 266 g/mol. The van der Waals surface area contributed by atoms with E-state index in [0.717, 1.165) is 32.2 Å². The van der Waals surface area contributed by atoms with Crippen molar-refractivity contribution < 1.29 is 0 Å². The Bertz CT molecular complexity index is 578. The highest BCUT2D eigenvalue weighted by atomic mass is 14.9. The molecule has 0 aliphatic rings. The van der Waals surface area contributed by atoms with E-state index >= 15 is 0 Å². The monoisotopic (exact) mass is 291 g/mol. The van der Waals surface area contributed by atoms with Gasteiger partial charge in [0.25, 0.3) is 0 Å². The molecule has 0 radical (unpaired) electrons. The lowest BCUT2D eigenvalue weighted by Gasteiger charge is -2.16. The first-order valence-electron chi connectivity index (χ1n) is 8.15. The van der Waals surface area contributed by atoms with Crippen LogP contribution in [0.15, 0.2) is 60.7 Å². The maximum absolute atomic E-state index is 3.66. The Hall–Kier alpha value is -2.04. The molecule has 0 bridgehead atoms. The van der Waals surface area contributed by atoms with E-state index in [1.807, 2.05) is 0 Å². The summed E-state index contributed by atoms with van der Waals surface area (Å²) in [5, 5.41) is 3.66. The summed E-state index contributed by atoms with van der Waals surface area (Å²) in [5.41, 5.74) is 2.69. The molecule has 1 nitrogen and oxygen atoms in total. The fraction of sp³-hybridized carbons (Fsp3) is 0.333. The molecule has 0 aromatic heterocycles. The van der Waals surface area contributed by atoms with Gasteiger partial charge in [-0.2, -0.15) is 0 Å². The predicted molar refractivity (Wildman–Crippen MR) is 94.5 cm³/mol. The van der Waals surface area contributed by atoms with E-state index in [9.17, 15) is 0 Å². The molecular formula is C21H25N. The van der Waals surface area contributed by atoms with Gasteiger partial charge >= 0.3 is 0 Å². The van der Waals surface area contributed by atoms with Crippen molar-refractivity contribution in [1.29, 1.82) is 0 Å². The minimum Gasteiger partial charge on any atom is -0.309 e. The summed E-state index contributed by atoms with van der Waals surface area (Å²) in [6.45, 7) is 3.07. The SMILES string of the molecule is CCCC#CC[C@@H](Cc1ccccc1)NCc1ccccc1. The topological polar surface area (TPSA) is 12.0 Å². The summed E-state index contributed by atoms with van der Waals surface area (Å²) >= 11 is 0. The lowest BCUT2D eigenvalue weighted by atomic mass is 10.0. The first-order valence-corrected chi connectivity index (χ1v) is 8.15. The number of rotatable bonds is 7. The van der Waals surface area contributed by atoms with Crippen molar-refractivity contribution in [3.05, 3.63) is 71.8 Å². The van der Waals surface area contributed by atoms with Crippen molar-refractivity contribution >= 4 is 0 Å². The smallest absolute Gasteiger partial charge is 0.0246 e. The normalized spacial score (nSPS) is 11.5. The zero-order chi connectivity index (χ0) is 15.5. The van der Waals surface area contributed by atoms with E-state index in [2.05, 4.69) is 84.7 Å². The number of unbranched alkanes of at least 4 members (excludes halogenated alkanes) is 1. The van der Waals surface area contributed by atoms with Crippen LogP contribution < -0.4 is 5.32 Å². The molecule has 2 aromatic rings. The largest absolute Gasteiger partial charge is 0.309 e. The molecule has 2 aromatic carbocycles. The van der Waals surface area contributed by atoms with Crippen LogP contribution in [-0.4, -0.2) is 6.04 Å². The highest BCUT2D eigenvalue weighted by Gasteiger charge is 2.07. The fourth-order valence-electron chi connectivity index (χ4n) is 2.38. The molecule has 0 fully saturated rings. The molecule has 22 heavy (non-hydrogen) atoms. The number of hydrogen-bond acceptors (Lipinski definition) is 1. The van der Waals surface area contributed by atoms with E-state index in [0.29, 0.717) is 6.04 Å². The highest BCUT2D eigenvalue weighted by Crippen LogP contribution is 2.07. The highest BCUT2D eigenvalue weighted by molar-refractivity contribution is 5.18. The van der Waals surface area contributed by atoms with Crippen molar-refractivity contribution in [2.75, 3.05) is 0 Å². The summed E-state index contributed by atoms with van der Waals surface area (Å²) in [5.74, 6) is 6.59. The molecule has 0 spiro atoms. The summed E-state index contributed by atoms with van der Waals surface area (Å²) in [7, 11) is 0. The molecule has 0 unspecified atom stereocenters. The van der Waals surface area contributed by atoms with E-state index in [-0.39, 0.29) is 0 Å². The standard InChI is InChI=1S/C21H25N/c1-2-3-4-11-16-21(17-19-12-7-5-8-13-19)22-18-20-14-9-6-10-15-20/h5-10,12-15,21-22H,2-3,16-18H2,1H3/t21-/m0/s1. The lowest BCUT2D eigenvalue weighted by Crippen LogP contribution is -2.30. The Morgan fingerprint density at radius 3 is 2.14 bits per heavy atom. The molecule has 1 atom stereocenters. The van der Waals surface area contributed by atoms with Crippen LogP contribution in [-0.2, 0) is 13.0 Å². The second kappa shape index (κ2) is 9.82. The van der Waals surface area contributed by atoms with Gasteiger partial charge in [-0.05, 0) is 24.0 Å².